The Morgan fingerprint density at radius 1 is 1.17 bits per heavy atom. The van der Waals surface area contributed by atoms with Crippen LogP contribution in [0, 0.1) is 6.92 Å². The summed E-state index contributed by atoms with van der Waals surface area (Å²) in [5.74, 6) is 2.16. The third kappa shape index (κ3) is 4.51. The van der Waals surface area contributed by atoms with E-state index in [4.69, 9.17) is 14.2 Å². The van der Waals surface area contributed by atoms with E-state index in [1.54, 1.807) is 28.4 Å². The number of ether oxygens (including phenoxy) is 3. The van der Waals surface area contributed by atoms with Crippen LogP contribution in [0.4, 0.5) is 0 Å². The maximum atomic E-state index is 12.9. The molecule has 1 aromatic heterocycles. The average Bonchev–Trinajstić information content (AvgIpc) is 3.38. The Bertz CT molecular complexity index is 1000. The van der Waals surface area contributed by atoms with E-state index in [2.05, 4.69) is 4.98 Å². The Balaban J connectivity index is 1.39. The van der Waals surface area contributed by atoms with Crippen LogP contribution in [0.15, 0.2) is 47.8 Å². The first-order valence-corrected chi connectivity index (χ1v) is 10.3. The van der Waals surface area contributed by atoms with Crippen LogP contribution in [-0.2, 0) is 13.2 Å². The molecule has 0 unspecified atom stereocenters. The summed E-state index contributed by atoms with van der Waals surface area (Å²) in [6, 6.07) is 13.0. The zero-order valence-electron chi connectivity index (χ0n) is 16.4. The molecule has 1 amide bonds. The Labute approximate surface area is 173 Å². The molecule has 1 aliphatic rings. The number of aryl methyl sites for hydroxylation is 1. The molecule has 0 spiro atoms. The molecule has 0 fully saturated rings. The topological polar surface area (TPSA) is 60.9 Å². The van der Waals surface area contributed by atoms with Gasteiger partial charge in [-0.2, -0.15) is 0 Å². The number of amides is 1. The summed E-state index contributed by atoms with van der Waals surface area (Å²) in [7, 11) is 0. The van der Waals surface area contributed by atoms with E-state index in [0.717, 1.165) is 27.8 Å². The van der Waals surface area contributed by atoms with Gasteiger partial charge in [-0.15, -0.1) is 11.3 Å². The summed E-state index contributed by atoms with van der Waals surface area (Å²) in [6.07, 6.45) is 0. The van der Waals surface area contributed by atoms with Crippen molar-refractivity contribution in [3.63, 3.8) is 0 Å². The Morgan fingerprint density at radius 3 is 2.69 bits per heavy atom. The fourth-order valence-electron chi connectivity index (χ4n) is 3.10. The molecule has 2 aromatic carbocycles. The molecule has 0 aliphatic carbocycles. The maximum absolute atomic E-state index is 12.9. The summed E-state index contributed by atoms with van der Waals surface area (Å²) in [5, 5.41) is 3.01. The van der Waals surface area contributed by atoms with E-state index in [-0.39, 0.29) is 12.7 Å². The molecule has 0 radical (unpaired) electrons. The normalized spacial score (nSPS) is 12.1. The van der Waals surface area contributed by atoms with Gasteiger partial charge in [0.1, 0.15) is 12.4 Å². The van der Waals surface area contributed by atoms with Crippen molar-refractivity contribution in [2.24, 2.45) is 0 Å². The van der Waals surface area contributed by atoms with Gasteiger partial charge in [0.25, 0.3) is 5.91 Å². The second-order valence-electron chi connectivity index (χ2n) is 6.68. The molecule has 0 bridgehead atoms. The third-order valence-corrected chi connectivity index (χ3v) is 5.46. The van der Waals surface area contributed by atoms with Crippen molar-refractivity contribution >= 4 is 17.2 Å². The molecule has 4 rings (SSSR count). The van der Waals surface area contributed by atoms with Gasteiger partial charge >= 0.3 is 0 Å². The van der Waals surface area contributed by atoms with Gasteiger partial charge in [0.15, 0.2) is 11.5 Å². The second-order valence-corrected chi connectivity index (χ2v) is 7.74. The van der Waals surface area contributed by atoms with Crippen molar-refractivity contribution in [2.75, 3.05) is 13.3 Å². The van der Waals surface area contributed by atoms with E-state index in [1.165, 1.54) is 0 Å². The highest BCUT2D eigenvalue weighted by Gasteiger charge is 2.18. The molecule has 0 atom stereocenters. The van der Waals surface area contributed by atoms with Gasteiger partial charge in [0.05, 0.1) is 10.7 Å². The minimum Gasteiger partial charge on any atom is -0.487 e. The van der Waals surface area contributed by atoms with Crippen LogP contribution in [0.25, 0.3) is 0 Å². The first kappa shape index (κ1) is 19.3. The Hall–Kier alpha value is -3.06. The number of fused-ring (bicyclic) bond motifs is 1. The lowest BCUT2D eigenvalue weighted by molar-refractivity contribution is 0.0752. The van der Waals surface area contributed by atoms with Crippen LogP contribution in [0.1, 0.15) is 33.5 Å². The highest BCUT2D eigenvalue weighted by molar-refractivity contribution is 7.09. The number of hydrogen-bond acceptors (Lipinski definition) is 6. The summed E-state index contributed by atoms with van der Waals surface area (Å²) in [6.45, 7) is 5.71. The van der Waals surface area contributed by atoms with Crippen LogP contribution in [0.2, 0.25) is 0 Å². The van der Waals surface area contributed by atoms with Crippen molar-refractivity contribution in [1.29, 1.82) is 0 Å². The molecule has 2 heterocycles. The fourth-order valence-corrected chi connectivity index (χ4v) is 3.69. The maximum Gasteiger partial charge on any atom is 0.254 e. The highest BCUT2D eigenvalue weighted by atomic mass is 32.1. The average molecular weight is 410 g/mol. The van der Waals surface area contributed by atoms with Crippen molar-refractivity contribution in [3.05, 3.63) is 69.7 Å². The van der Waals surface area contributed by atoms with Crippen LogP contribution in [-0.4, -0.2) is 29.1 Å². The van der Waals surface area contributed by atoms with Crippen LogP contribution < -0.4 is 14.2 Å². The zero-order valence-corrected chi connectivity index (χ0v) is 17.2. The highest BCUT2D eigenvalue weighted by Crippen LogP contribution is 2.33. The number of thiazole rings is 1. The lowest BCUT2D eigenvalue weighted by Gasteiger charge is -2.21. The van der Waals surface area contributed by atoms with Crippen LogP contribution >= 0.6 is 11.3 Å². The zero-order chi connectivity index (χ0) is 20.2. The third-order valence-electron chi connectivity index (χ3n) is 4.63. The van der Waals surface area contributed by atoms with Crippen molar-refractivity contribution in [3.8, 4) is 17.2 Å². The second kappa shape index (κ2) is 8.53. The number of carbonyl (C=O) groups is 1. The number of rotatable bonds is 7. The van der Waals surface area contributed by atoms with Crippen molar-refractivity contribution in [2.45, 2.75) is 27.0 Å². The summed E-state index contributed by atoms with van der Waals surface area (Å²) >= 11 is 1.60. The number of hydrogen-bond donors (Lipinski definition) is 0. The quantitative estimate of drug-likeness (QED) is 0.577. The minimum absolute atomic E-state index is 0.0214. The molecule has 6 nitrogen and oxygen atoms in total. The summed E-state index contributed by atoms with van der Waals surface area (Å²) in [5.41, 5.74) is 2.54. The van der Waals surface area contributed by atoms with Crippen LogP contribution in [0.5, 0.6) is 17.2 Å². The van der Waals surface area contributed by atoms with Gasteiger partial charge in [-0.3, -0.25) is 4.79 Å². The summed E-state index contributed by atoms with van der Waals surface area (Å²) in [4.78, 5) is 19.1. The molecule has 1 aliphatic heterocycles. The predicted octanol–water partition coefficient (Wildman–Crippen LogP) is 4.42. The molecular weight excluding hydrogens is 388 g/mol. The van der Waals surface area contributed by atoms with Gasteiger partial charge in [-0.25, -0.2) is 4.98 Å². The van der Waals surface area contributed by atoms with E-state index < -0.39 is 0 Å². The summed E-state index contributed by atoms with van der Waals surface area (Å²) < 4.78 is 16.5. The molecule has 150 valence electrons. The molecule has 0 saturated heterocycles. The van der Waals surface area contributed by atoms with E-state index in [1.807, 2.05) is 49.6 Å². The van der Waals surface area contributed by atoms with Gasteiger partial charge in [-0.05, 0) is 55.8 Å². The number of nitrogens with zero attached hydrogens (tertiary/aromatic N) is 2. The first-order chi connectivity index (χ1) is 14.1. The van der Waals surface area contributed by atoms with Crippen molar-refractivity contribution in [1.82, 2.24) is 9.88 Å². The van der Waals surface area contributed by atoms with E-state index >= 15 is 0 Å². The minimum atomic E-state index is -0.0214. The molecule has 7 heteroatoms. The lowest BCUT2D eigenvalue weighted by Crippen LogP contribution is -2.30. The number of benzene rings is 2. The fraction of sp³-hybridized carbons (Fsp3) is 0.273. The molecule has 29 heavy (non-hydrogen) atoms. The largest absolute Gasteiger partial charge is 0.487 e. The monoisotopic (exact) mass is 410 g/mol. The first-order valence-electron chi connectivity index (χ1n) is 9.44. The van der Waals surface area contributed by atoms with Gasteiger partial charge < -0.3 is 19.1 Å². The smallest absolute Gasteiger partial charge is 0.254 e. The Kier molecular flexibility index (Phi) is 5.67. The Morgan fingerprint density at radius 2 is 1.97 bits per heavy atom. The SMILES string of the molecule is CCN(Cc1ccc2c(c1)OCO2)C(=O)c1ccc(OCc2csc(C)n2)cc1. The molecular formula is C22H22N2O4S. The molecule has 3 aromatic rings. The van der Waals surface area contributed by atoms with Gasteiger partial charge in [-0.1, -0.05) is 6.07 Å². The van der Waals surface area contributed by atoms with Gasteiger partial charge in [0.2, 0.25) is 6.79 Å². The van der Waals surface area contributed by atoms with Crippen molar-refractivity contribution < 1.29 is 19.0 Å². The van der Waals surface area contributed by atoms with Gasteiger partial charge in [0, 0.05) is 24.0 Å². The lowest BCUT2D eigenvalue weighted by atomic mass is 10.1. The van der Waals surface area contributed by atoms with Crippen LogP contribution in [0.3, 0.4) is 0 Å². The van der Waals surface area contributed by atoms with E-state index in [0.29, 0.717) is 31.0 Å². The molecule has 0 saturated carbocycles. The van der Waals surface area contributed by atoms with E-state index in [9.17, 15) is 4.79 Å². The molecule has 0 N–H and O–H groups in total. The number of aromatic nitrogens is 1. The standard InChI is InChI=1S/C22H22N2O4S/c1-3-24(11-16-4-9-20-21(10-16)28-14-27-20)22(25)17-5-7-19(8-6-17)26-12-18-13-29-15(2)23-18/h4-10,13H,3,11-12,14H2,1-2H3. The predicted molar refractivity (Wildman–Crippen MR) is 111 cm³/mol. The number of carbonyl (C=O) groups excluding carboxylic acids is 1.